The Morgan fingerprint density at radius 3 is 1.13 bits per heavy atom. The Labute approximate surface area is 705 Å². The molecular formula is C117H132. The fourth-order valence-electron chi connectivity index (χ4n) is 15.5. The van der Waals surface area contributed by atoms with Gasteiger partial charge < -0.3 is 0 Å². The highest BCUT2D eigenvalue weighted by atomic mass is 14.2. The summed E-state index contributed by atoms with van der Waals surface area (Å²) in [4.78, 5) is 0. The molecule has 0 aromatic heterocycles. The van der Waals surface area contributed by atoms with Gasteiger partial charge in [-0.15, -0.1) is 0 Å². The molecule has 0 saturated heterocycles. The summed E-state index contributed by atoms with van der Waals surface area (Å²) >= 11 is 0. The van der Waals surface area contributed by atoms with Gasteiger partial charge in [0.1, 0.15) is 0 Å². The van der Waals surface area contributed by atoms with Crippen molar-refractivity contribution in [2.45, 2.75) is 210 Å². The van der Waals surface area contributed by atoms with Crippen molar-refractivity contribution < 1.29 is 0 Å². The molecule has 0 amide bonds. The largest absolute Gasteiger partial charge is 0.0625 e. The van der Waals surface area contributed by atoms with E-state index >= 15 is 0 Å². The van der Waals surface area contributed by atoms with Crippen LogP contribution in [0, 0.1) is 12.8 Å². The van der Waals surface area contributed by atoms with Crippen molar-refractivity contribution >= 4 is 64.6 Å². The van der Waals surface area contributed by atoms with E-state index in [1.165, 1.54) is 175 Å². The highest BCUT2D eigenvalue weighted by Crippen LogP contribution is 2.35. The molecule has 0 bridgehead atoms. The third kappa shape index (κ3) is 26.8. The normalized spacial score (nSPS) is 11.9. The molecule has 1 saturated carbocycles. The lowest BCUT2D eigenvalue weighted by molar-refractivity contribution is 0.443. The minimum atomic E-state index is 0.569. The molecule has 0 heterocycles. The third-order valence-electron chi connectivity index (χ3n) is 22.7. The van der Waals surface area contributed by atoms with Crippen LogP contribution in [-0.4, -0.2) is 0 Å². The third-order valence-corrected chi connectivity index (χ3v) is 22.7. The molecule has 0 spiro atoms. The summed E-state index contributed by atoms with van der Waals surface area (Å²) in [5.41, 5.74) is 19.7. The Morgan fingerprint density at radius 2 is 0.590 bits per heavy atom. The van der Waals surface area contributed by atoms with Crippen LogP contribution in [-0.2, 0) is 12.8 Å². The topological polar surface area (TPSA) is 0 Å². The number of fused-ring (bicyclic) bond motifs is 7. The number of rotatable bonds is 13. The first kappa shape index (κ1) is 88.4. The predicted molar refractivity (Wildman–Crippen MR) is 519 cm³/mol. The lowest BCUT2D eigenvalue weighted by Crippen LogP contribution is -2.04. The Balaban J connectivity index is 0.000000141. The van der Waals surface area contributed by atoms with E-state index in [-0.39, 0.29) is 0 Å². The molecule has 1 aliphatic rings. The van der Waals surface area contributed by atoms with Gasteiger partial charge in [0.2, 0.25) is 0 Å². The average molecular weight is 1540 g/mol. The average Bonchev–Trinajstić information content (AvgIpc) is 0.789. The van der Waals surface area contributed by atoms with Gasteiger partial charge in [0.15, 0.2) is 0 Å². The fourth-order valence-corrected chi connectivity index (χ4v) is 15.5. The second kappa shape index (κ2) is 45.0. The van der Waals surface area contributed by atoms with E-state index in [2.05, 4.69) is 463 Å². The quantitative estimate of drug-likeness (QED) is 0.0797. The zero-order valence-electron chi connectivity index (χ0n) is 73.6. The summed E-state index contributed by atoms with van der Waals surface area (Å²) in [6.45, 7) is 38.0. The first-order valence-electron chi connectivity index (χ1n) is 43.8. The van der Waals surface area contributed by atoms with E-state index in [4.69, 9.17) is 0 Å². The van der Waals surface area contributed by atoms with Crippen molar-refractivity contribution in [1.29, 1.82) is 0 Å². The summed E-state index contributed by atoms with van der Waals surface area (Å²) in [5, 5.41) is 16.1. The van der Waals surface area contributed by atoms with Gasteiger partial charge in [-0.2, -0.15) is 0 Å². The monoisotopic (exact) mass is 1540 g/mol. The van der Waals surface area contributed by atoms with Crippen LogP contribution in [0.25, 0.3) is 75.8 Å². The first-order chi connectivity index (χ1) is 56.5. The zero-order chi connectivity index (χ0) is 83.2. The standard InChI is InChI=1S/2C17H16.C16H18.C15H22.C15H16.2C13H14.C11H16/c1-12(2)16-9-5-8-15-10-13-6-3-4-7-14(13)11-17(15)16;1-12(2)14-9-10-17-15(11-14)8-7-13-5-3-4-6-16(13)17;1-13(2)16-10-8-15(9-11-16)12-14-6-4-3-5-7-14;2*1-12(2)13-8-10-15(11-9-13)14-6-4-3-5-7-14;1-10(2)12-9-5-7-11-6-3-4-8-13(11)12;1-10(2)12-8-7-11-5-3-4-6-13(11)9-12;1-9(2)8-11-6-4-10(3)5-7-11/h2*3-12H,1-2H3;3-11,13H,12H2,1-2H3;8-12,14H,3-7H2,1-2H3;3-12H,1-2H3;2*3-10H,1-2H3;4-7,9H,8H2,1-3H3. The van der Waals surface area contributed by atoms with Gasteiger partial charge in [-0.3, -0.25) is 0 Å². The second-order valence-corrected chi connectivity index (χ2v) is 34.8. The highest BCUT2D eigenvalue weighted by molar-refractivity contribution is 6.07. The summed E-state index contributed by atoms with van der Waals surface area (Å²) in [6, 6.07) is 127. The molecule has 0 heteroatoms. The van der Waals surface area contributed by atoms with E-state index < -0.39 is 0 Å². The van der Waals surface area contributed by atoms with Gasteiger partial charge in [-0.25, -0.2) is 0 Å². The number of aryl methyl sites for hydroxylation is 1. The van der Waals surface area contributed by atoms with Gasteiger partial charge in [0.25, 0.3) is 0 Å². The minimum Gasteiger partial charge on any atom is -0.0625 e. The van der Waals surface area contributed by atoms with E-state index in [1.807, 2.05) is 6.07 Å². The molecule has 16 aromatic rings. The zero-order valence-corrected chi connectivity index (χ0v) is 73.6. The minimum absolute atomic E-state index is 0.569. The van der Waals surface area contributed by atoms with Gasteiger partial charge in [-0.1, -0.05) is 475 Å². The fraction of sp³-hybridized carbons (Fsp3) is 0.282. The van der Waals surface area contributed by atoms with Gasteiger partial charge >= 0.3 is 0 Å². The van der Waals surface area contributed by atoms with Crippen molar-refractivity contribution in [3.63, 3.8) is 0 Å². The summed E-state index contributed by atoms with van der Waals surface area (Å²) in [6.07, 6.45) is 9.33. The van der Waals surface area contributed by atoms with Crippen molar-refractivity contribution in [1.82, 2.24) is 0 Å². The highest BCUT2D eigenvalue weighted by Gasteiger charge is 2.16. The van der Waals surface area contributed by atoms with Crippen LogP contribution in [0.15, 0.2) is 352 Å². The maximum Gasteiger partial charge on any atom is -0.00258 e. The Kier molecular flexibility index (Phi) is 34.0. The van der Waals surface area contributed by atoms with E-state index in [0.29, 0.717) is 41.4 Å². The lowest BCUT2D eigenvalue weighted by atomic mass is 9.83. The Morgan fingerprint density at radius 1 is 0.231 bits per heavy atom. The maximum atomic E-state index is 2.35. The molecule has 0 nitrogen and oxygen atoms in total. The SMILES string of the molecule is CC(C)c1ccc(-c2ccccc2)cc1.CC(C)c1ccc(C2CCCCC2)cc1.CC(C)c1ccc(Cc2ccccc2)cc1.CC(C)c1ccc2c(ccc3ccccc32)c1.CC(C)c1ccc2ccccc2c1.CC(C)c1cccc2cc3ccccc3cc12.CC(C)c1cccc2ccccc12.Cc1ccc(CC(C)C)cc1. The van der Waals surface area contributed by atoms with E-state index in [0.717, 1.165) is 18.3 Å². The molecule has 17 rings (SSSR count). The van der Waals surface area contributed by atoms with Crippen LogP contribution in [0.1, 0.15) is 257 Å². The Hall–Kier alpha value is -10.9. The number of hydrogen-bond acceptors (Lipinski definition) is 0. The van der Waals surface area contributed by atoms with Crippen molar-refractivity contribution in [3.8, 4) is 11.1 Å². The number of hydrogen-bond donors (Lipinski definition) is 0. The van der Waals surface area contributed by atoms with Crippen LogP contribution in [0.4, 0.5) is 0 Å². The first-order valence-corrected chi connectivity index (χ1v) is 43.8. The van der Waals surface area contributed by atoms with Gasteiger partial charge in [0, 0.05) is 0 Å². The van der Waals surface area contributed by atoms with Crippen molar-refractivity contribution in [2.24, 2.45) is 5.92 Å². The molecular weight excluding hydrogens is 1410 g/mol. The smallest absolute Gasteiger partial charge is 0.00258 e. The van der Waals surface area contributed by atoms with E-state index in [9.17, 15) is 0 Å². The van der Waals surface area contributed by atoms with Crippen LogP contribution in [0.3, 0.4) is 0 Å². The molecule has 0 aliphatic heterocycles. The van der Waals surface area contributed by atoms with Crippen LogP contribution >= 0.6 is 0 Å². The van der Waals surface area contributed by atoms with Crippen LogP contribution in [0.5, 0.6) is 0 Å². The molecule has 0 N–H and O–H groups in total. The molecule has 0 radical (unpaired) electrons. The van der Waals surface area contributed by atoms with Crippen molar-refractivity contribution in [3.05, 3.63) is 419 Å². The molecule has 600 valence electrons. The lowest BCUT2D eigenvalue weighted by Gasteiger charge is -2.22. The summed E-state index contributed by atoms with van der Waals surface area (Å²) in [7, 11) is 0. The Bertz CT molecular complexity index is 5580. The second-order valence-electron chi connectivity index (χ2n) is 34.8. The van der Waals surface area contributed by atoms with Crippen LogP contribution < -0.4 is 0 Å². The van der Waals surface area contributed by atoms with Crippen molar-refractivity contribution in [2.75, 3.05) is 0 Å². The predicted octanol–water partition coefficient (Wildman–Crippen LogP) is 35.1. The van der Waals surface area contributed by atoms with Crippen LogP contribution in [0.2, 0.25) is 0 Å². The van der Waals surface area contributed by atoms with Gasteiger partial charge in [0.05, 0.1) is 0 Å². The molecule has 0 atom stereocenters. The molecule has 1 aliphatic carbocycles. The molecule has 16 aromatic carbocycles. The molecule has 1 fully saturated rings. The molecule has 0 unspecified atom stereocenters. The van der Waals surface area contributed by atoms with Gasteiger partial charge in [-0.05, 0) is 235 Å². The number of benzene rings is 16. The summed E-state index contributed by atoms with van der Waals surface area (Å²) < 4.78 is 0. The molecule has 117 heavy (non-hydrogen) atoms. The maximum absolute atomic E-state index is 2.35. The summed E-state index contributed by atoms with van der Waals surface area (Å²) in [5.74, 6) is 5.87. The van der Waals surface area contributed by atoms with E-state index in [1.54, 1.807) is 5.56 Å².